The highest BCUT2D eigenvalue weighted by atomic mass is 16.5. The lowest BCUT2D eigenvalue weighted by molar-refractivity contribution is 0.0297. The number of carbonyl (C=O) groups is 1. The lowest BCUT2D eigenvalue weighted by Gasteiger charge is -2.34. The van der Waals surface area contributed by atoms with Gasteiger partial charge in [0.05, 0.1) is 35.9 Å². The van der Waals surface area contributed by atoms with E-state index in [-0.39, 0.29) is 24.4 Å². The van der Waals surface area contributed by atoms with Crippen molar-refractivity contribution in [1.82, 2.24) is 19.7 Å². The molecule has 8 heteroatoms. The molecule has 4 heterocycles. The monoisotopic (exact) mass is 407 g/mol. The van der Waals surface area contributed by atoms with Crippen LogP contribution >= 0.6 is 0 Å². The Morgan fingerprint density at radius 1 is 1.40 bits per heavy atom. The Kier molecular flexibility index (Phi) is 5.81. The summed E-state index contributed by atoms with van der Waals surface area (Å²) < 4.78 is 12.8. The molecule has 8 nitrogen and oxygen atoms in total. The van der Waals surface area contributed by atoms with Gasteiger partial charge in [-0.15, -0.1) is 0 Å². The summed E-state index contributed by atoms with van der Waals surface area (Å²) in [5, 5.41) is 14.3. The number of aromatic nitrogens is 3. The van der Waals surface area contributed by atoms with Gasteiger partial charge in [-0.3, -0.25) is 4.79 Å². The zero-order valence-electron chi connectivity index (χ0n) is 17.2. The Hall–Kier alpha value is -3.18. The summed E-state index contributed by atoms with van der Waals surface area (Å²) in [5.74, 6) is 0.484. The second-order valence-electron chi connectivity index (χ2n) is 7.70. The minimum absolute atomic E-state index is 0.0509. The molecule has 0 saturated carbocycles. The van der Waals surface area contributed by atoms with Crippen molar-refractivity contribution in [1.29, 1.82) is 5.26 Å². The summed E-state index contributed by atoms with van der Waals surface area (Å²) in [6, 6.07) is 7.70. The fourth-order valence-corrected chi connectivity index (χ4v) is 3.90. The van der Waals surface area contributed by atoms with Crippen LogP contribution < -0.4 is 0 Å². The van der Waals surface area contributed by atoms with E-state index in [1.807, 2.05) is 29.5 Å². The van der Waals surface area contributed by atoms with Crippen molar-refractivity contribution >= 4 is 16.9 Å². The van der Waals surface area contributed by atoms with Crippen molar-refractivity contribution < 1.29 is 13.9 Å². The summed E-state index contributed by atoms with van der Waals surface area (Å²) in [7, 11) is 0. The topological polar surface area (TPSA) is 97.2 Å². The van der Waals surface area contributed by atoms with Gasteiger partial charge < -0.3 is 14.1 Å². The van der Waals surface area contributed by atoms with Crippen molar-refractivity contribution in [2.45, 2.75) is 45.2 Å². The zero-order chi connectivity index (χ0) is 21.1. The van der Waals surface area contributed by atoms with Gasteiger partial charge in [-0.2, -0.15) is 10.4 Å². The van der Waals surface area contributed by atoms with Gasteiger partial charge in [-0.1, -0.05) is 0 Å². The molecule has 0 bridgehead atoms. The molecule has 1 aliphatic heterocycles. The number of hydrogen-bond acceptors (Lipinski definition) is 6. The van der Waals surface area contributed by atoms with Crippen LogP contribution in [-0.2, 0) is 4.74 Å². The summed E-state index contributed by atoms with van der Waals surface area (Å²) >= 11 is 0. The highest BCUT2D eigenvalue weighted by Crippen LogP contribution is 2.29. The Morgan fingerprint density at radius 2 is 2.20 bits per heavy atom. The van der Waals surface area contributed by atoms with Crippen LogP contribution in [0.5, 0.6) is 0 Å². The first-order valence-corrected chi connectivity index (χ1v) is 10.3. The van der Waals surface area contributed by atoms with Gasteiger partial charge in [-0.05, 0) is 44.9 Å². The molecular weight excluding hydrogens is 382 g/mol. The van der Waals surface area contributed by atoms with E-state index in [4.69, 9.17) is 19.4 Å². The van der Waals surface area contributed by atoms with E-state index >= 15 is 0 Å². The standard InChI is InChI=1S/C22H25N5O3/c1-15(2)27-21-18(14-24-27)17(13-19(25-21)20-5-3-10-30-20)22(28)26(9-4-8-23)16-6-11-29-12-7-16/h3,5,10,13-16H,4,6-7,9,11-12H2,1-2H3. The van der Waals surface area contributed by atoms with Crippen LogP contribution in [0.4, 0.5) is 0 Å². The second-order valence-corrected chi connectivity index (χ2v) is 7.70. The minimum atomic E-state index is -0.110. The Morgan fingerprint density at radius 3 is 2.87 bits per heavy atom. The quantitative estimate of drug-likeness (QED) is 0.616. The Balaban J connectivity index is 1.82. The summed E-state index contributed by atoms with van der Waals surface area (Å²) in [4.78, 5) is 20.3. The third kappa shape index (κ3) is 3.81. The van der Waals surface area contributed by atoms with Gasteiger partial charge >= 0.3 is 0 Å². The first-order chi connectivity index (χ1) is 14.6. The van der Waals surface area contributed by atoms with Crippen molar-refractivity contribution in [3.8, 4) is 17.5 Å². The summed E-state index contributed by atoms with van der Waals surface area (Å²) in [6.07, 6.45) is 5.11. The lowest BCUT2D eigenvalue weighted by atomic mass is 10.0. The van der Waals surface area contributed by atoms with E-state index in [2.05, 4.69) is 11.2 Å². The normalized spacial score (nSPS) is 14.9. The van der Waals surface area contributed by atoms with E-state index < -0.39 is 0 Å². The number of furan rings is 1. The van der Waals surface area contributed by atoms with E-state index in [0.717, 1.165) is 12.8 Å². The Labute approximate surface area is 175 Å². The molecule has 156 valence electrons. The highest BCUT2D eigenvalue weighted by Gasteiger charge is 2.29. The third-order valence-corrected chi connectivity index (χ3v) is 5.42. The van der Waals surface area contributed by atoms with Gasteiger partial charge in [-0.25, -0.2) is 9.67 Å². The second kappa shape index (κ2) is 8.67. The maximum atomic E-state index is 13.7. The molecule has 30 heavy (non-hydrogen) atoms. The number of pyridine rings is 1. The van der Waals surface area contributed by atoms with Gasteiger partial charge in [0.25, 0.3) is 5.91 Å². The van der Waals surface area contributed by atoms with E-state index in [1.165, 1.54) is 0 Å². The molecule has 1 saturated heterocycles. The van der Waals surface area contributed by atoms with Crippen molar-refractivity contribution in [2.24, 2.45) is 0 Å². The minimum Gasteiger partial charge on any atom is -0.463 e. The molecule has 1 fully saturated rings. The molecule has 1 amide bonds. The molecule has 0 spiro atoms. The van der Waals surface area contributed by atoms with Crippen LogP contribution in [0.2, 0.25) is 0 Å². The highest BCUT2D eigenvalue weighted by molar-refractivity contribution is 6.06. The van der Waals surface area contributed by atoms with Crippen LogP contribution in [-0.4, -0.2) is 51.4 Å². The van der Waals surface area contributed by atoms with Crippen LogP contribution in [0, 0.1) is 11.3 Å². The first kappa shape index (κ1) is 20.1. The fourth-order valence-electron chi connectivity index (χ4n) is 3.90. The number of amides is 1. The van der Waals surface area contributed by atoms with Gasteiger partial charge in [0.15, 0.2) is 11.4 Å². The third-order valence-electron chi connectivity index (χ3n) is 5.42. The van der Waals surface area contributed by atoms with E-state index in [9.17, 15) is 4.79 Å². The average molecular weight is 407 g/mol. The molecule has 3 aromatic rings. The van der Waals surface area contributed by atoms with Gasteiger partial charge in [0.1, 0.15) is 5.69 Å². The van der Waals surface area contributed by atoms with Crippen LogP contribution in [0.3, 0.4) is 0 Å². The molecule has 0 aliphatic carbocycles. The van der Waals surface area contributed by atoms with Gasteiger partial charge in [0, 0.05) is 31.8 Å². The van der Waals surface area contributed by atoms with E-state index in [0.29, 0.717) is 47.8 Å². The van der Waals surface area contributed by atoms with Gasteiger partial charge in [0.2, 0.25) is 0 Å². The van der Waals surface area contributed by atoms with E-state index in [1.54, 1.807) is 24.6 Å². The number of nitrogens with zero attached hydrogens (tertiary/aromatic N) is 5. The molecular formula is C22H25N5O3. The number of carbonyl (C=O) groups excluding carboxylic acids is 1. The largest absolute Gasteiger partial charge is 0.463 e. The zero-order valence-corrected chi connectivity index (χ0v) is 17.2. The maximum Gasteiger partial charge on any atom is 0.255 e. The molecule has 0 N–H and O–H groups in total. The first-order valence-electron chi connectivity index (χ1n) is 10.3. The molecule has 1 aliphatic rings. The lowest BCUT2D eigenvalue weighted by Crippen LogP contribution is -2.44. The SMILES string of the molecule is CC(C)n1ncc2c(C(=O)N(CCC#N)C3CCOCC3)cc(-c3ccco3)nc21. The number of hydrogen-bond donors (Lipinski definition) is 0. The summed E-state index contributed by atoms with van der Waals surface area (Å²) in [5.41, 5.74) is 1.77. The fraction of sp³-hybridized carbons (Fsp3) is 0.455. The molecule has 0 aromatic carbocycles. The average Bonchev–Trinajstić information content (AvgIpc) is 3.44. The molecule has 0 atom stereocenters. The number of nitriles is 1. The van der Waals surface area contributed by atoms with Crippen molar-refractivity contribution in [2.75, 3.05) is 19.8 Å². The maximum absolute atomic E-state index is 13.7. The molecule has 0 unspecified atom stereocenters. The Bertz CT molecular complexity index is 1060. The number of ether oxygens (including phenoxy) is 1. The number of fused-ring (bicyclic) bond motifs is 1. The smallest absolute Gasteiger partial charge is 0.255 e. The molecule has 0 radical (unpaired) electrons. The predicted molar refractivity (Wildman–Crippen MR) is 111 cm³/mol. The van der Waals surface area contributed by atoms with Crippen LogP contribution in [0.25, 0.3) is 22.5 Å². The van der Waals surface area contributed by atoms with Crippen LogP contribution in [0.1, 0.15) is 49.5 Å². The number of rotatable bonds is 6. The van der Waals surface area contributed by atoms with Crippen molar-refractivity contribution in [3.63, 3.8) is 0 Å². The van der Waals surface area contributed by atoms with Crippen molar-refractivity contribution in [3.05, 3.63) is 36.2 Å². The predicted octanol–water partition coefficient (Wildman–Crippen LogP) is 3.81. The van der Waals surface area contributed by atoms with Crippen LogP contribution in [0.15, 0.2) is 35.1 Å². The molecule has 4 rings (SSSR count). The summed E-state index contributed by atoms with van der Waals surface area (Å²) in [6.45, 7) is 5.68. The molecule has 3 aromatic heterocycles.